The van der Waals surface area contributed by atoms with Crippen LogP contribution in [0.3, 0.4) is 0 Å². The summed E-state index contributed by atoms with van der Waals surface area (Å²) >= 11 is 0. The van der Waals surface area contributed by atoms with Crippen LogP contribution >= 0.6 is 0 Å². The van der Waals surface area contributed by atoms with Crippen molar-refractivity contribution in [3.63, 3.8) is 0 Å². The van der Waals surface area contributed by atoms with Gasteiger partial charge in [0.25, 0.3) is 17.5 Å². The number of carbonyl (C=O) groups excluding carboxylic acids is 3. The van der Waals surface area contributed by atoms with Crippen LogP contribution in [0.15, 0.2) is 60.7 Å². The number of non-ortho nitro benzene ring substituents is 1. The van der Waals surface area contributed by atoms with Crippen molar-refractivity contribution in [2.24, 2.45) is 0 Å². The number of nitro benzene ring substituents is 1. The van der Waals surface area contributed by atoms with E-state index in [-0.39, 0.29) is 29.8 Å². The van der Waals surface area contributed by atoms with Crippen molar-refractivity contribution in [1.82, 2.24) is 4.90 Å². The molecule has 3 aromatic carbocycles. The quantitative estimate of drug-likeness (QED) is 0.244. The number of unbranched alkanes of at least 4 members (excludes halogenated alkanes) is 2. The van der Waals surface area contributed by atoms with Gasteiger partial charge in [0.2, 0.25) is 5.91 Å². The molecule has 162 valence electrons. The van der Waals surface area contributed by atoms with E-state index in [1.54, 1.807) is 12.1 Å². The van der Waals surface area contributed by atoms with Crippen LogP contribution in [0.2, 0.25) is 0 Å². The summed E-state index contributed by atoms with van der Waals surface area (Å²) in [6.45, 7) is 0.298. The number of anilines is 1. The summed E-state index contributed by atoms with van der Waals surface area (Å²) in [5.74, 6) is -0.755. The molecule has 4 rings (SSSR count). The summed E-state index contributed by atoms with van der Waals surface area (Å²) in [4.78, 5) is 49.2. The van der Waals surface area contributed by atoms with E-state index in [0.717, 1.165) is 5.39 Å². The number of nitro groups is 1. The van der Waals surface area contributed by atoms with E-state index >= 15 is 0 Å². The molecule has 0 saturated carbocycles. The molecule has 0 bridgehead atoms. The number of hydrogen-bond acceptors (Lipinski definition) is 5. The highest BCUT2D eigenvalue weighted by molar-refractivity contribution is 6.25. The molecular weight excluding hydrogens is 410 g/mol. The van der Waals surface area contributed by atoms with Crippen molar-refractivity contribution in [3.8, 4) is 0 Å². The Morgan fingerprint density at radius 3 is 2.09 bits per heavy atom. The maximum atomic E-state index is 12.9. The molecule has 0 aromatic heterocycles. The van der Waals surface area contributed by atoms with Crippen LogP contribution in [0.1, 0.15) is 46.4 Å². The first-order chi connectivity index (χ1) is 15.5. The molecule has 0 unspecified atom stereocenters. The summed E-state index contributed by atoms with van der Waals surface area (Å²) in [7, 11) is 0. The lowest BCUT2D eigenvalue weighted by Crippen LogP contribution is -2.40. The first-order valence-electron chi connectivity index (χ1n) is 10.4. The third kappa shape index (κ3) is 4.20. The average Bonchev–Trinajstić information content (AvgIpc) is 2.79. The van der Waals surface area contributed by atoms with Crippen LogP contribution in [0.5, 0.6) is 0 Å². The van der Waals surface area contributed by atoms with Gasteiger partial charge in [-0.15, -0.1) is 0 Å². The molecule has 0 radical (unpaired) electrons. The zero-order valence-corrected chi connectivity index (χ0v) is 17.2. The van der Waals surface area contributed by atoms with Crippen molar-refractivity contribution in [1.29, 1.82) is 0 Å². The molecule has 0 spiro atoms. The first-order valence-corrected chi connectivity index (χ1v) is 10.4. The van der Waals surface area contributed by atoms with Crippen molar-refractivity contribution >= 4 is 39.9 Å². The molecule has 0 saturated heterocycles. The highest BCUT2D eigenvalue weighted by Gasteiger charge is 2.31. The summed E-state index contributed by atoms with van der Waals surface area (Å²) in [5.41, 5.74) is 1.54. The van der Waals surface area contributed by atoms with Gasteiger partial charge in [0, 0.05) is 47.3 Å². The van der Waals surface area contributed by atoms with E-state index < -0.39 is 4.92 Å². The number of rotatable bonds is 8. The number of benzene rings is 3. The van der Waals surface area contributed by atoms with Crippen LogP contribution in [-0.2, 0) is 4.79 Å². The molecule has 1 heterocycles. The molecule has 8 heteroatoms. The summed E-state index contributed by atoms with van der Waals surface area (Å²) in [6, 6.07) is 16.5. The summed E-state index contributed by atoms with van der Waals surface area (Å²) in [6.07, 6.45) is 2.15. The predicted molar refractivity (Wildman–Crippen MR) is 120 cm³/mol. The van der Waals surface area contributed by atoms with Gasteiger partial charge in [0.1, 0.15) is 0 Å². The lowest BCUT2D eigenvalue weighted by molar-refractivity contribution is -0.384. The minimum atomic E-state index is -0.498. The van der Waals surface area contributed by atoms with E-state index in [2.05, 4.69) is 5.32 Å². The second kappa shape index (κ2) is 8.97. The molecule has 0 aliphatic carbocycles. The van der Waals surface area contributed by atoms with Gasteiger partial charge in [-0.2, -0.15) is 0 Å². The topological polar surface area (TPSA) is 110 Å². The number of imide groups is 1. The average molecular weight is 431 g/mol. The fourth-order valence-electron chi connectivity index (χ4n) is 3.91. The van der Waals surface area contributed by atoms with Crippen molar-refractivity contribution in [2.45, 2.75) is 25.7 Å². The molecule has 0 atom stereocenters. The normalized spacial score (nSPS) is 12.8. The van der Waals surface area contributed by atoms with E-state index in [9.17, 15) is 24.5 Å². The summed E-state index contributed by atoms with van der Waals surface area (Å²) < 4.78 is 0. The fraction of sp³-hybridized carbons (Fsp3) is 0.208. The maximum Gasteiger partial charge on any atom is 0.269 e. The lowest BCUT2D eigenvalue weighted by Gasteiger charge is -2.27. The highest BCUT2D eigenvalue weighted by Crippen LogP contribution is 2.30. The number of carbonyl (C=O) groups is 3. The van der Waals surface area contributed by atoms with Crippen LogP contribution in [0.4, 0.5) is 11.4 Å². The third-order valence-corrected chi connectivity index (χ3v) is 5.50. The Morgan fingerprint density at radius 2 is 1.50 bits per heavy atom. The highest BCUT2D eigenvalue weighted by atomic mass is 16.6. The summed E-state index contributed by atoms with van der Waals surface area (Å²) in [5, 5.41) is 15.0. The van der Waals surface area contributed by atoms with Crippen molar-refractivity contribution in [3.05, 3.63) is 81.9 Å². The Balaban J connectivity index is 1.27. The van der Waals surface area contributed by atoms with E-state index in [4.69, 9.17) is 0 Å². The van der Waals surface area contributed by atoms with Crippen molar-refractivity contribution in [2.75, 3.05) is 11.9 Å². The molecule has 1 N–H and O–H groups in total. The Morgan fingerprint density at radius 1 is 0.875 bits per heavy atom. The fourth-order valence-corrected chi connectivity index (χ4v) is 3.91. The van der Waals surface area contributed by atoms with Crippen LogP contribution in [0.25, 0.3) is 10.8 Å². The van der Waals surface area contributed by atoms with E-state index in [0.29, 0.717) is 48.0 Å². The SMILES string of the molecule is O=C(CCCCCN1C(=O)c2cccc3cccc(c23)C1=O)Nc1ccc([N+](=O)[O-])cc1. The number of nitrogens with one attached hydrogen (secondary N) is 1. The van der Waals surface area contributed by atoms with Gasteiger partial charge in [-0.25, -0.2) is 0 Å². The smallest absolute Gasteiger partial charge is 0.269 e. The monoisotopic (exact) mass is 431 g/mol. The maximum absolute atomic E-state index is 12.9. The Hall–Kier alpha value is -4.07. The molecule has 32 heavy (non-hydrogen) atoms. The number of nitrogens with zero attached hydrogens (tertiary/aromatic N) is 2. The molecule has 0 fully saturated rings. The largest absolute Gasteiger partial charge is 0.326 e. The van der Waals surface area contributed by atoms with Gasteiger partial charge in [-0.1, -0.05) is 30.7 Å². The first kappa shape index (κ1) is 21.2. The Labute approximate surface area is 184 Å². The standard InChI is InChI=1S/C24H21N3O5/c28-21(25-17-11-13-18(14-12-17)27(31)32)10-2-1-3-15-26-23(29)19-8-4-6-16-7-5-9-20(22(16)19)24(26)30/h4-9,11-14H,1-3,10,15H2,(H,25,28). The molecule has 1 aliphatic heterocycles. The Kier molecular flexibility index (Phi) is 5.93. The van der Waals surface area contributed by atoms with Crippen LogP contribution < -0.4 is 5.32 Å². The molecule has 1 aliphatic rings. The zero-order chi connectivity index (χ0) is 22.7. The van der Waals surface area contributed by atoms with E-state index in [1.165, 1.54) is 29.2 Å². The molecule has 8 nitrogen and oxygen atoms in total. The molecule has 3 amide bonds. The minimum Gasteiger partial charge on any atom is -0.326 e. The van der Waals surface area contributed by atoms with Gasteiger partial charge in [0.15, 0.2) is 0 Å². The predicted octanol–water partition coefficient (Wildman–Crippen LogP) is 4.54. The van der Waals surface area contributed by atoms with Gasteiger partial charge < -0.3 is 5.32 Å². The van der Waals surface area contributed by atoms with Crippen LogP contribution in [-0.4, -0.2) is 34.1 Å². The zero-order valence-electron chi connectivity index (χ0n) is 17.2. The second-order valence-corrected chi connectivity index (χ2v) is 7.63. The Bertz CT molecular complexity index is 1170. The van der Waals surface area contributed by atoms with Gasteiger partial charge in [-0.3, -0.25) is 29.4 Å². The van der Waals surface area contributed by atoms with E-state index in [1.807, 2.05) is 24.3 Å². The van der Waals surface area contributed by atoms with Gasteiger partial charge >= 0.3 is 0 Å². The number of hydrogen-bond donors (Lipinski definition) is 1. The van der Waals surface area contributed by atoms with Crippen molar-refractivity contribution < 1.29 is 19.3 Å². The third-order valence-electron chi connectivity index (χ3n) is 5.50. The van der Waals surface area contributed by atoms with Gasteiger partial charge in [0.05, 0.1) is 4.92 Å². The number of amides is 3. The molecular formula is C24H21N3O5. The second-order valence-electron chi connectivity index (χ2n) is 7.63. The lowest BCUT2D eigenvalue weighted by atomic mass is 9.94. The van der Waals surface area contributed by atoms with Gasteiger partial charge in [-0.05, 0) is 42.5 Å². The minimum absolute atomic E-state index is 0.0383. The van der Waals surface area contributed by atoms with Crippen LogP contribution in [0, 0.1) is 10.1 Å². The molecule has 3 aromatic rings.